The van der Waals surface area contributed by atoms with Gasteiger partial charge in [0.2, 0.25) is 17.7 Å². The molecular formula is C54H63ClF2N6O8S. The molecule has 18 heteroatoms. The molecule has 5 aromatic rings. The lowest BCUT2D eigenvalue weighted by Gasteiger charge is -2.35. The number of β-amino-alcohol motifs (C(OH)–C–C–N with tert-alkyl or cyclic N) is 1. The molecule has 384 valence electrons. The average Bonchev–Trinajstić information content (AvgIpc) is 3.76. The third-order valence-electron chi connectivity index (χ3n) is 14.1. The molecule has 0 radical (unpaired) electrons. The molecule has 3 aromatic carbocycles. The van der Waals surface area contributed by atoms with Crippen molar-refractivity contribution < 1.29 is 47.3 Å². The number of carbonyl (C=O) groups is 4. The number of thiazole rings is 1. The highest BCUT2D eigenvalue weighted by Gasteiger charge is 2.53. The first kappa shape index (κ1) is 52.6. The van der Waals surface area contributed by atoms with E-state index in [0.717, 1.165) is 58.3 Å². The number of carbonyl (C=O) groups excluding carboxylic acids is 4. The van der Waals surface area contributed by atoms with Gasteiger partial charge < -0.3 is 40.2 Å². The second-order valence-electron chi connectivity index (χ2n) is 20.3. The Hall–Kier alpha value is -5.75. The zero-order chi connectivity index (χ0) is 51.3. The molecular weight excluding hydrogens is 966 g/mol. The number of amides is 4. The molecule has 3 heterocycles. The van der Waals surface area contributed by atoms with Crippen LogP contribution in [0.5, 0.6) is 11.5 Å². The summed E-state index contributed by atoms with van der Waals surface area (Å²) in [5.41, 5.74) is 3.82. The molecule has 0 spiro atoms. The van der Waals surface area contributed by atoms with Crippen molar-refractivity contribution in [3.63, 3.8) is 0 Å². The number of pyridine rings is 1. The number of benzene rings is 3. The number of aryl methyl sites for hydroxylation is 1. The number of alkyl halides is 1. The summed E-state index contributed by atoms with van der Waals surface area (Å²) in [6.45, 7) is 9.80. The molecule has 4 amide bonds. The topological polar surface area (TPSA) is 181 Å². The maximum Gasteiger partial charge on any atom is 0.258 e. The smallest absolute Gasteiger partial charge is 0.258 e. The zero-order valence-corrected chi connectivity index (χ0v) is 42.8. The van der Waals surface area contributed by atoms with E-state index in [1.165, 1.54) is 22.3 Å². The maximum absolute atomic E-state index is 14.7. The first-order valence-corrected chi connectivity index (χ1v) is 25.9. The lowest BCUT2D eigenvalue weighted by Crippen LogP contribution is -2.59. The number of aliphatic hydroxyl groups is 1. The van der Waals surface area contributed by atoms with Gasteiger partial charge in [-0.05, 0) is 116 Å². The van der Waals surface area contributed by atoms with Gasteiger partial charge >= 0.3 is 0 Å². The predicted molar refractivity (Wildman–Crippen MR) is 272 cm³/mol. The molecule has 14 nitrogen and oxygen atoms in total. The molecule has 2 saturated carbocycles. The summed E-state index contributed by atoms with van der Waals surface area (Å²) in [4.78, 5) is 65.0. The fourth-order valence-corrected chi connectivity index (χ4v) is 10.7. The number of hydrogen-bond acceptors (Lipinski definition) is 11. The molecule has 4 N–H and O–H groups in total. The van der Waals surface area contributed by atoms with E-state index in [1.54, 1.807) is 62.8 Å². The minimum atomic E-state index is -1.99. The van der Waals surface area contributed by atoms with E-state index < -0.39 is 47.0 Å². The van der Waals surface area contributed by atoms with Crippen molar-refractivity contribution in [2.24, 2.45) is 17.3 Å². The van der Waals surface area contributed by atoms with Crippen molar-refractivity contribution in [2.45, 2.75) is 116 Å². The van der Waals surface area contributed by atoms with Crippen molar-refractivity contribution in [1.29, 1.82) is 0 Å². The summed E-state index contributed by atoms with van der Waals surface area (Å²) in [5.74, 6) is -1.12. The highest BCUT2D eigenvalue weighted by Crippen LogP contribution is 2.42. The Bertz CT molecular complexity index is 2780. The van der Waals surface area contributed by atoms with Crippen molar-refractivity contribution in [1.82, 2.24) is 25.5 Å². The SMILES string of the molecule is Cc1ncsc1-c1ccc(CNC(=O)[C@@H]2C[C@@H](O)CN2C(=O)[C@@H](NC(=O)C2(F)CC2)C(C)(C)C)c(OCCOCCOc2cc(NC(=O)[C@H](C)C3CCC(c4ccnc5ccc(F)cc45)CC3)ccc2Cl)c1. The van der Waals surface area contributed by atoms with Crippen LogP contribution < -0.4 is 25.4 Å². The van der Waals surface area contributed by atoms with Crippen molar-refractivity contribution >= 4 is 63.2 Å². The van der Waals surface area contributed by atoms with E-state index in [9.17, 15) is 33.1 Å². The van der Waals surface area contributed by atoms with Gasteiger partial charge in [0.25, 0.3) is 5.91 Å². The van der Waals surface area contributed by atoms with E-state index >= 15 is 0 Å². The maximum atomic E-state index is 14.7. The van der Waals surface area contributed by atoms with E-state index in [2.05, 4.69) is 25.9 Å². The lowest BCUT2D eigenvalue weighted by atomic mass is 9.73. The number of nitrogens with zero attached hydrogens (tertiary/aromatic N) is 3. The van der Waals surface area contributed by atoms with E-state index in [-0.39, 0.29) is 88.3 Å². The summed E-state index contributed by atoms with van der Waals surface area (Å²) in [5, 5.41) is 20.4. The second-order valence-corrected chi connectivity index (χ2v) is 21.6. The van der Waals surface area contributed by atoms with Crippen LogP contribution in [0.1, 0.15) is 95.4 Å². The fraction of sp³-hybridized carbons (Fsp3) is 0.481. The summed E-state index contributed by atoms with van der Waals surface area (Å²) < 4.78 is 46.9. The summed E-state index contributed by atoms with van der Waals surface area (Å²) in [7, 11) is 0. The highest BCUT2D eigenvalue weighted by molar-refractivity contribution is 7.13. The third-order valence-corrected chi connectivity index (χ3v) is 15.4. The summed E-state index contributed by atoms with van der Waals surface area (Å²) >= 11 is 7.99. The fourth-order valence-electron chi connectivity index (χ4n) is 9.68. The highest BCUT2D eigenvalue weighted by atomic mass is 35.5. The number of ether oxygens (including phenoxy) is 3. The standard InChI is InChI=1S/C54H63ClF2N6O8S/c1-31(33-6-8-34(9-7-33)40-16-19-58-43-15-12-37(56)25-41(40)43)49(65)61-38-13-14-42(55)46(26-38)71-23-21-69-20-22-70-45-24-35(47-32(2)60-30-72-47)10-11-36(45)28-59-50(66)44-27-39(64)29-63(44)51(67)48(53(3,4)5)62-52(68)54(57)17-18-54/h10-16,19,24-26,30-31,33-34,39,44,48,64H,6-9,17-18,20-23,27-29H2,1-5H3,(H,59,66)(H,61,65)(H,62,68)/t31-,33?,34?,39-,44+,48-/m1/s1. The van der Waals surface area contributed by atoms with Crippen LogP contribution in [0.4, 0.5) is 14.5 Å². The van der Waals surface area contributed by atoms with E-state index in [0.29, 0.717) is 27.8 Å². The Morgan fingerprint density at radius 1 is 0.944 bits per heavy atom. The molecule has 8 rings (SSSR count). The number of nitrogens with one attached hydrogen (secondary N) is 3. The number of aliphatic hydroxyl groups excluding tert-OH is 1. The van der Waals surface area contributed by atoms with E-state index in [1.807, 2.05) is 38.1 Å². The Morgan fingerprint density at radius 2 is 1.68 bits per heavy atom. The van der Waals surface area contributed by atoms with Crippen LogP contribution in [0.2, 0.25) is 5.02 Å². The molecule has 1 aliphatic heterocycles. The molecule has 4 atom stereocenters. The van der Waals surface area contributed by atoms with Crippen molar-refractivity contribution in [3.05, 3.63) is 100 Å². The van der Waals surface area contributed by atoms with Gasteiger partial charge in [-0.25, -0.2) is 13.8 Å². The van der Waals surface area contributed by atoms with Crippen LogP contribution in [0, 0.1) is 30.0 Å². The molecule has 1 saturated heterocycles. The van der Waals surface area contributed by atoms with Gasteiger partial charge in [0, 0.05) is 54.3 Å². The number of hydrogen-bond donors (Lipinski definition) is 4. The third kappa shape index (κ3) is 12.5. The van der Waals surface area contributed by atoms with Gasteiger partial charge in [0.1, 0.15) is 42.6 Å². The van der Waals surface area contributed by atoms with Crippen LogP contribution in [0.15, 0.2) is 72.4 Å². The molecule has 2 aromatic heterocycles. The van der Waals surface area contributed by atoms with Gasteiger partial charge in [-0.1, -0.05) is 51.4 Å². The number of aromatic nitrogens is 2. The number of likely N-dealkylation sites (tertiary alicyclic amines) is 1. The van der Waals surface area contributed by atoms with Gasteiger partial charge in [0.15, 0.2) is 5.67 Å². The summed E-state index contributed by atoms with van der Waals surface area (Å²) in [6, 6.07) is 15.3. The largest absolute Gasteiger partial charge is 0.491 e. The Balaban J connectivity index is 0.812. The Morgan fingerprint density at radius 3 is 2.38 bits per heavy atom. The quantitative estimate of drug-likeness (QED) is 0.0583. The average molecular weight is 1030 g/mol. The monoisotopic (exact) mass is 1030 g/mol. The van der Waals surface area contributed by atoms with Gasteiger partial charge in [-0.2, -0.15) is 0 Å². The summed E-state index contributed by atoms with van der Waals surface area (Å²) in [6.07, 6.45) is 4.56. The molecule has 3 fully saturated rings. The van der Waals surface area contributed by atoms with Crippen LogP contribution in [0.25, 0.3) is 21.3 Å². The van der Waals surface area contributed by atoms with Gasteiger partial charge in [0.05, 0.1) is 45.9 Å². The molecule has 0 bridgehead atoms. The zero-order valence-electron chi connectivity index (χ0n) is 41.3. The van der Waals surface area contributed by atoms with Crippen LogP contribution in [-0.4, -0.2) is 100 Å². The molecule has 2 aliphatic carbocycles. The van der Waals surface area contributed by atoms with Gasteiger partial charge in [-0.3, -0.25) is 24.2 Å². The minimum absolute atomic E-state index is 0.00244. The second kappa shape index (κ2) is 22.6. The molecule has 72 heavy (non-hydrogen) atoms. The van der Waals surface area contributed by atoms with Gasteiger partial charge in [-0.15, -0.1) is 11.3 Å². The lowest BCUT2D eigenvalue weighted by molar-refractivity contribution is -0.145. The first-order valence-electron chi connectivity index (χ1n) is 24.7. The number of halogens is 3. The first-order chi connectivity index (χ1) is 34.4. The number of rotatable bonds is 19. The Labute approximate surface area is 427 Å². The number of anilines is 1. The van der Waals surface area contributed by atoms with Crippen molar-refractivity contribution in [2.75, 3.05) is 38.3 Å². The Kier molecular flexibility index (Phi) is 16.5. The number of fused-ring (bicyclic) bond motifs is 1. The van der Waals surface area contributed by atoms with Crippen LogP contribution in [0.3, 0.4) is 0 Å². The van der Waals surface area contributed by atoms with Crippen molar-refractivity contribution in [3.8, 4) is 21.9 Å². The molecule has 0 unspecified atom stereocenters. The minimum Gasteiger partial charge on any atom is -0.491 e. The normalized spacial score (nSPS) is 20.4. The van der Waals surface area contributed by atoms with Crippen LogP contribution >= 0.6 is 22.9 Å². The predicted octanol–water partition coefficient (Wildman–Crippen LogP) is 9.09. The van der Waals surface area contributed by atoms with Crippen LogP contribution in [-0.2, 0) is 30.5 Å². The van der Waals surface area contributed by atoms with E-state index in [4.69, 9.17) is 25.8 Å². The molecule has 3 aliphatic rings.